The van der Waals surface area contributed by atoms with Gasteiger partial charge in [-0.2, -0.15) is 0 Å². The van der Waals surface area contributed by atoms with Crippen molar-refractivity contribution in [2.75, 3.05) is 39.3 Å². The third kappa shape index (κ3) is 6.22. The van der Waals surface area contributed by atoms with E-state index in [0.717, 1.165) is 44.0 Å². The van der Waals surface area contributed by atoms with Gasteiger partial charge in [0.05, 0.1) is 0 Å². The molecule has 0 aliphatic carbocycles. The molecule has 1 atom stereocenters. The van der Waals surface area contributed by atoms with Crippen LogP contribution in [0.5, 0.6) is 5.75 Å². The van der Waals surface area contributed by atoms with Crippen LogP contribution in [0.15, 0.2) is 24.3 Å². The Morgan fingerprint density at radius 3 is 2.82 bits per heavy atom. The minimum absolute atomic E-state index is 0. The van der Waals surface area contributed by atoms with Crippen molar-refractivity contribution in [2.45, 2.75) is 20.0 Å². The summed E-state index contributed by atoms with van der Waals surface area (Å²) in [5.41, 5.74) is 1.12. The largest absolute Gasteiger partial charge is 0.481 e. The summed E-state index contributed by atoms with van der Waals surface area (Å²) in [5.74, 6) is 0.673. The molecule has 0 bridgehead atoms. The van der Waals surface area contributed by atoms with Crippen LogP contribution in [0, 0.1) is 6.92 Å². The van der Waals surface area contributed by atoms with Gasteiger partial charge in [-0.1, -0.05) is 12.1 Å². The highest BCUT2D eigenvalue weighted by atomic mass is 35.5. The van der Waals surface area contributed by atoms with Gasteiger partial charge in [0.15, 0.2) is 6.10 Å². The van der Waals surface area contributed by atoms with Gasteiger partial charge in [-0.3, -0.25) is 9.69 Å². The van der Waals surface area contributed by atoms with Crippen molar-refractivity contribution in [3.8, 4) is 5.75 Å². The van der Waals surface area contributed by atoms with E-state index in [1.807, 2.05) is 31.2 Å². The third-order valence-electron chi connectivity index (χ3n) is 3.61. The summed E-state index contributed by atoms with van der Waals surface area (Å²) in [6, 6.07) is 7.74. The SMILES string of the molecule is Cc1cccc(OC(C)C(=O)NCCN2CCNCC2)c1.Cl. The maximum atomic E-state index is 12.0. The number of nitrogens with zero attached hydrogens (tertiary/aromatic N) is 1. The minimum atomic E-state index is -0.477. The Kier molecular flexibility index (Phi) is 8.24. The number of halogens is 1. The molecule has 2 rings (SSSR count). The average molecular weight is 328 g/mol. The Balaban J connectivity index is 0.00000242. The van der Waals surface area contributed by atoms with E-state index in [1.165, 1.54) is 0 Å². The smallest absolute Gasteiger partial charge is 0.260 e. The first-order chi connectivity index (χ1) is 10.1. The molecular formula is C16H26ClN3O2. The number of carbonyl (C=O) groups is 1. The fourth-order valence-electron chi connectivity index (χ4n) is 2.36. The molecule has 1 aromatic rings. The summed E-state index contributed by atoms with van der Waals surface area (Å²) in [6.45, 7) is 9.50. The normalized spacial score (nSPS) is 16.5. The number of hydrogen-bond acceptors (Lipinski definition) is 4. The first-order valence-electron chi connectivity index (χ1n) is 7.59. The second-order valence-electron chi connectivity index (χ2n) is 5.46. The van der Waals surface area contributed by atoms with E-state index < -0.39 is 6.10 Å². The van der Waals surface area contributed by atoms with E-state index in [1.54, 1.807) is 6.92 Å². The van der Waals surface area contributed by atoms with Gasteiger partial charge in [0.2, 0.25) is 0 Å². The zero-order chi connectivity index (χ0) is 15.1. The van der Waals surface area contributed by atoms with Crippen LogP contribution in [0.2, 0.25) is 0 Å². The third-order valence-corrected chi connectivity index (χ3v) is 3.61. The number of nitrogens with one attached hydrogen (secondary N) is 2. The van der Waals surface area contributed by atoms with Gasteiger partial charge >= 0.3 is 0 Å². The first-order valence-corrected chi connectivity index (χ1v) is 7.59. The minimum Gasteiger partial charge on any atom is -0.481 e. The summed E-state index contributed by atoms with van der Waals surface area (Å²) in [6.07, 6.45) is -0.477. The molecule has 1 unspecified atom stereocenters. The lowest BCUT2D eigenvalue weighted by atomic mass is 10.2. The van der Waals surface area contributed by atoms with Crippen LogP contribution in [0.1, 0.15) is 12.5 Å². The zero-order valence-corrected chi connectivity index (χ0v) is 14.1. The van der Waals surface area contributed by atoms with Gasteiger partial charge < -0.3 is 15.4 Å². The van der Waals surface area contributed by atoms with Crippen LogP contribution in [0.4, 0.5) is 0 Å². The van der Waals surface area contributed by atoms with Crippen molar-refractivity contribution < 1.29 is 9.53 Å². The van der Waals surface area contributed by atoms with E-state index >= 15 is 0 Å². The van der Waals surface area contributed by atoms with E-state index in [0.29, 0.717) is 6.54 Å². The van der Waals surface area contributed by atoms with E-state index in [-0.39, 0.29) is 18.3 Å². The summed E-state index contributed by atoms with van der Waals surface area (Å²) >= 11 is 0. The van der Waals surface area contributed by atoms with Crippen LogP contribution in [0.3, 0.4) is 0 Å². The second-order valence-corrected chi connectivity index (χ2v) is 5.46. The summed E-state index contributed by atoms with van der Waals surface area (Å²) in [5, 5.41) is 6.25. The molecular weight excluding hydrogens is 302 g/mol. The van der Waals surface area contributed by atoms with E-state index in [4.69, 9.17) is 4.74 Å². The highest BCUT2D eigenvalue weighted by Gasteiger charge is 2.15. The van der Waals surface area contributed by atoms with Crippen LogP contribution in [-0.4, -0.2) is 56.2 Å². The van der Waals surface area contributed by atoms with Crippen molar-refractivity contribution in [2.24, 2.45) is 0 Å². The number of aryl methyl sites for hydroxylation is 1. The van der Waals surface area contributed by atoms with Gasteiger partial charge in [0.1, 0.15) is 5.75 Å². The highest BCUT2D eigenvalue weighted by Crippen LogP contribution is 2.14. The van der Waals surface area contributed by atoms with Crippen molar-refractivity contribution in [3.63, 3.8) is 0 Å². The monoisotopic (exact) mass is 327 g/mol. The molecule has 0 spiro atoms. The molecule has 1 fully saturated rings. The van der Waals surface area contributed by atoms with Gasteiger partial charge in [0.25, 0.3) is 5.91 Å². The second kappa shape index (κ2) is 9.66. The molecule has 2 N–H and O–H groups in total. The number of amides is 1. The maximum absolute atomic E-state index is 12.0. The highest BCUT2D eigenvalue weighted by molar-refractivity contribution is 5.85. The van der Waals surface area contributed by atoms with Crippen molar-refractivity contribution in [3.05, 3.63) is 29.8 Å². The maximum Gasteiger partial charge on any atom is 0.260 e. The zero-order valence-electron chi connectivity index (χ0n) is 13.3. The van der Waals surface area contributed by atoms with Crippen LogP contribution >= 0.6 is 12.4 Å². The molecule has 0 saturated carbocycles. The lowest BCUT2D eigenvalue weighted by Crippen LogP contribution is -2.47. The molecule has 124 valence electrons. The summed E-state index contributed by atoms with van der Waals surface area (Å²) in [7, 11) is 0. The van der Waals surface area contributed by atoms with Crippen molar-refractivity contribution in [1.82, 2.24) is 15.5 Å². The number of benzene rings is 1. The van der Waals surface area contributed by atoms with Crippen molar-refractivity contribution in [1.29, 1.82) is 0 Å². The molecule has 1 aliphatic rings. The summed E-state index contributed by atoms with van der Waals surface area (Å²) in [4.78, 5) is 14.4. The molecule has 0 aromatic heterocycles. The van der Waals surface area contributed by atoms with Crippen molar-refractivity contribution >= 4 is 18.3 Å². The first kappa shape index (κ1) is 18.7. The Morgan fingerprint density at radius 1 is 1.41 bits per heavy atom. The average Bonchev–Trinajstić information content (AvgIpc) is 2.48. The quantitative estimate of drug-likeness (QED) is 0.824. The van der Waals surface area contributed by atoms with Crippen LogP contribution < -0.4 is 15.4 Å². The Labute approximate surface area is 138 Å². The topological polar surface area (TPSA) is 53.6 Å². The molecule has 1 amide bonds. The lowest BCUT2D eigenvalue weighted by molar-refractivity contribution is -0.127. The van der Waals surface area contributed by atoms with Gasteiger partial charge in [-0.25, -0.2) is 0 Å². The van der Waals surface area contributed by atoms with E-state index in [9.17, 15) is 4.79 Å². The molecule has 22 heavy (non-hydrogen) atoms. The Hall–Kier alpha value is -1.30. The molecule has 5 nitrogen and oxygen atoms in total. The number of rotatable bonds is 6. The lowest BCUT2D eigenvalue weighted by Gasteiger charge is -2.27. The number of carbonyl (C=O) groups excluding carboxylic acids is 1. The molecule has 1 aromatic carbocycles. The predicted octanol–water partition coefficient (Wildman–Crippen LogP) is 1.21. The van der Waals surface area contributed by atoms with Gasteiger partial charge in [0, 0.05) is 39.3 Å². The van der Waals surface area contributed by atoms with Gasteiger partial charge in [-0.15, -0.1) is 12.4 Å². The van der Waals surface area contributed by atoms with Gasteiger partial charge in [-0.05, 0) is 31.5 Å². The molecule has 1 heterocycles. The fraction of sp³-hybridized carbons (Fsp3) is 0.562. The molecule has 0 radical (unpaired) electrons. The Bertz CT molecular complexity index is 464. The molecule has 1 saturated heterocycles. The standard InChI is InChI=1S/C16H25N3O2.ClH/c1-13-4-3-5-15(12-13)21-14(2)16(20)18-8-11-19-9-6-17-7-10-19;/h3-5,12,14,17H,6-11H2,1-2H3,(H,18,20);1H. The fourth-order valence-corrected chi connectivity index (χ4v) is 2.36. The Morgan fingerprint density at radius 2 is 2.14 bits per heavy atom. The number of hydrogen-bond donors (Lipinski definition) is 2. The number of piperazine rings is 1. The van der Waals surface area contributed by atoms with Crippen LogP contribution in [-0.2, 0) is 4.79 Å². The molecule has 1 aliphatic heterocycles. The predicted molar refractivity (Wildman–Crippen MR) is 90.8 cm³/mol. The summed E-state index contributed by atoms with van der Waals surface area (Å²) < 4.78 is 5.66. The van der Waals surface area contributed by atoms with Crippen LogP contribution in [0.25, 0.3) is 0 Å². The van der Waals surface area contributed by atoms with E-state index in [2.05, 4.69) is 15.5 Å². The molecule has 6 heteroatoms. The number of ether oxygens (including phenoxy) is 1.